The van der Waals surface area contributed by atoms with E-state index in [9.17, 15) is 4.79 Å². The molecular weight excluding hydrogens is 234 g/mol. The molecule has 6 heteroatoms. The van der Waals surface area contributed by atoms with Crippen LogP contribution in [-0.2, 0) is 4.79 Å². The van der Waals surface area contributed by atoms with Crippen molar-refractivity contribution in [3.8, 4) is 17.6 Å². The lowest BCUT2D eigenvalue weighted by molar-refractivity contribution is -0.123. The van der Waals surface area contributed by atoms with Crippen molar-refractivity contribution in [3.63, 3.8) is 0 Å². The molecule has 1 aromatic rings. The summed E-state index contributed by atoms with van der Waals surface area (Å²) in [7, 11) is 1.51. The predicted octanol–water partition coefficient (Wildman–Crippen LogP) is 0.686. The van der Waals surface area contributed by atoms with Gasteiger partial charge in [0.1, 0.15) is 0 Å². The number of nitrogens with two attached hydrogens (primary N) is 1. The van der Waals surface area contributed by atoms with Gasteiger partial charge in [0.15, 0.2) is 18.1 Å². The third-order valence-electron chi connectivity index (χ3n) is 2.11. The first kappa shape index (κ1) is 13.6. The zero-order valence-electron chi connectivity index (χ0n) is 10.1. The van der Waals surface area contributed by atoms with Crippen LogP contribution in [0.5, 0.6) is 11.5 Å². The first-order chi connectivity index (χ1) is 8.67. The van der Waals surface area contributed by atoms with Gasteiger partial charge in [-0.2, -0.15) is 5.26 Å². The molecule has 0 bridgehead atoms. The van der Waals surface area contributed by atoms with E-state index in [4.69, 9.17) is 20.5 Å². The quantitative estimate of drug-likeness (QED) is 0.571. The summed E-state index contributed by atoms with van der Waals surface area (Å²) in [5.74, 6) is 0.622. The van der Waals surface area contributed by atoms with E-state index >= 15 is 0 Å². The van der Waals surface area contributed by atoms with Gasteiger partial charge >= 0.3 is 0 Å². The molecule has 96 valence electrons. The molecule has 0 heterocycles. The molecule has 6 nitrogen and oxygen atoms in total. The van der Waals surface area contributed by atoms with Crippen LogP contribution < -0.4 is 20.5 Å². The van der Waals surface area contributed by atoms with E-state index in [0.29, 0.717) is 23.7 Å². The van der Waals surface area contributed by atoms with Crippen LogP contribution in [0.25, 0.3) is 0 Å². The number of benzene rings is 1. The lowest BCUT2D eigenvalue weighted by Crippen LogP contribution is -2.29. The van der Waals surface area contributed by atoms with E-state index in [2.05, 4.69) is 5.32 Å². The number of nitrogens with one attached hydrogen (secondary N) is 1. The van der Waals surface area contributed by atoms with Gasteiger partial charge in [0.25, 0.3) is 5.91 Å². The molecule has 0 aliphatic carbocycles. The van der Waals surface area contributed by atoms with E-state index in [-0.39, 0.29) is 18.9 Å². The molecule has 0 saturated heterocycles. The molecule has 18 heavy (non-hydrogen) atoms. The largest absolute Gasteiger partial charge is 0.493 e. The minimum atomic E-state index is -0.297. The molecule has 0 unspecified atom stereocenters. The number of carbonyl (C=O) groups is 1. The topological polar surface area (TPSA) is 97.4 Å². The van der Waals surface area contributed by atoms with E-state index < -0.39 is 0 Å². The molecule has 0 atom stereocenters. The number of rotatable bonds is 6. The fraction of sp³-hybridized carbons (Fsp3) is 0.333. The lowest BCUT2D eigenvalue weighted by Gasteiger charge is -2.11. The summed E-state index contributed by atoms with van der Waals surface area (Å²) in [6, 6.07) is 6.86. The van der Waals surface area contributed by atoms with Gasteiger partial charge in [0.2, 0.25) is 0 Å². The van der Waals surface area contributed by atoms with Gasteiger partial charge in [0, 0.05) is 18.3 Å². The van der Waals surface area contributed by atoms with Crippen molar-refractivity contribution in [1.82, 2.24) is 5.32 Å². The van der Waals surface area contributed by atoms with Crippen LogP contribution >= 0.6 is 0 Å². The van der Waals surface area contributed by atoms with Crippen molar-refractivity contribution in [1.29, 1.82) is 5.26 Å². The number of hydrogen-bond donors (Lipinski definition) is 2. The van der Waals surface area contributed by atoms with Crippen molar-refractivity contribution in [3.05, 3.63) is 18.2 Å². The van der Waals surface area contributed by atoms with Gasteiger partial charge in [-0.15, -0.1) is 0 Å². The number of methoxy groups -OCH3 is 1. The minimum Gasteiger partial charge on any atom is -0.493 e. The summed E-state index contributed by atoms with van der Waals surface area (Å²) in [5, 5.41) is 10.9. The third kappa shape index (κ3) is 4.22. The predicted molar refractivity (Wildman–Crippen MR) is 66.1 cm³/mol. The highest BCUT2D eigenvalue weighted by Crippen LogP contribution is 2.28. The maximum atomic E-state index is 11.4. The van der Waals surface area contributed by atoms with Gasteiger partial charge in [-0.1, -0.05) is 0 Å². The number of anilines is 1. The summed E-state index contributed by atoms with van der Waals surface area (Å²) in [4.78, 5) is 11.4. The van der Waals surface area contributed by atoms with Gasteiger partial charge in [-0.05, 0) is 12.1 Å². The van der Waals surface area contributed by atoms with Gasteiger partial charge in [0.05, 0.1) is 19.6 Å². The second-order valence-electron chi connectivity index (χ2n) is 3.46. The number of carbonyl (C=O) groups excluding carboxylic acids is 1. The zero-order chi connectivity index (χ0) is 13.4. The zero-order valence-corrected chi connectivity index (χ0v) is 10.1. The molecule has 0 aliphatic rings. The van der Waals surface area contributed by atoms with Gasteiger partial charge in [-0.25, -0.2) is 0 Å². The first-order valence-electron chi connectivity index (χ1n) is 5.37. The van der Waals surface area contributed by atoms with Crippen LogP contribution in [0.2, 0.25) is 0 Å². The third-order valence-corrected chi connectivity index (χ3v) is 2.11. The highest BCUT2D eigenvalue weighted by atomic mass is 16.5. The second-order valence-corrected chi connectivity index (χ2v) is 3.46. The van der Waals surface area contributed by atoms with E-state index in [0.717, 1.165) is 0 Å². The van der Waals surface area contributed by atoms with Crippen molar-refractivity contribution < 1.29 is 14.3 Å². The Hall–Kier alpha value is -2.42. The Morgan fingerprint density at radius 3 is 2.94 bits per heavy atom. The van der Waals surface area contributed by atoms with Crippen molar-refractivity contribution in [2.75, 3.05) is 26.0 Å². The van der Waals surface area contributed by atoms with Crippen molar-refractivity contribution in [2.45, 2.75) is 6.42 Å². The molecule has 1 amide bonds. The lowest BCUT2D eigenvalue weighted by atomic mass is 10.3. The molecule has 0 radical (unpaired) electrons. The van der Waals surface area contributed by atoms with E-state index in [1.807, 2.05) is 6.07 Å². The normalized spacial score (nSPS) is 9.33. The highest BCUT2D eigenvalue weighted by molar-refractivity contribution is 5.77. The van der Waals surface area contributed by atoms with Crippen LogP contribution in [0.3, 0.4) is 0 Å². The molecule has 3 N–H and O–H groups in total. The highest BCUT2D eigenvalue weighted by Gasteiger charge is 2.07. The Bertz CT molecular complexity index is 454. The average Bonchev–Trinajstić information content (AvgIpc) is 2.37. The van der Waals surface area contributed by atoms with Crippen LogP contribution in [0.15, 0.2) is 18.2 Å². The van der Waals surface area contributed by atoms with Crippen molar-refractivity contribution >= 4 is 11.6 Å². The van der Waals surface area contributed by atoms with E-state index in [1.165, 1.54) is 7.11 Å². The van der Waals surface area contributed by atoms with E-state index in [1.54, 1.807) is 18.2 Å². The molecule has 0 fully saturated rings. The number of nitriles is 1. The summed E-state index contributed by atoms with van der Waals surface area (Å²) in [5.41, 5.74) is 6.14. The maximum absolute atomic E-state index is 11.4. The van der Waals surface area contributed by atoms with Crippen LogP contribution in [-0.4, -0.2) is 26.2 Å². The fourth-order valence-electron chi connectivity index (χ4n) is 1.26. The fourth-order valence-corrected chi connectivity index (χ4v) is 1.26. The Balaban J connectivity index is 2.50. The molecule has 1 aromatic carbocycles. The molecule has 0 saturated carbocycles. The first-order valence-corrected chi connectivity index (χ1v) is 5.37. The monoisotopic (exact) mass is 249 g/mol. The maximum Gasteiger partial charge on any atom is 0.257 e. The number of hydrogen-bond acceptors (Lipinski definition) is 5. The minimum absolute atomic E-state index is 0.148. The summed E-state index contributed by atoms with van der Waals surface area (Å²) in [6.45, 7) is 0.165. The van der Waals surface area contributed by atoms with Crippen molar-refractivity contribution in [2.24, 2.45) is 0 Å². The Kier molecular flexibility index (Phi) is 5.32. The number of nitrogens with zero attached hydrogens (tertiary/aromatic N) is 1. The Morgan fingerprint density at radius 2 is 2.28 bits per heavy atom. The van der Waals surface area contributed by atoms with Crippen LogP contribution in [0, 0.1) is 11.3 Å². The summed E-state index contributed by atoms with van der Waals surface area (Å²) in [6.07, 6.45) is 0.271. The van der Waals surface area contributed by atoms with Crippen LogP contribution in [0.4, 0.5) is 5.69 Å². The molecule has 0 aromatic heterocycles. The summed E-state index contributed by atoms with van der Waals surface area (Å²) >= 11 is 0. The van der Waals surface area contributed by atoms with Crippen LogP contribution in [0.1, 0.15) is 6.42 Å². The second kappa shape index (κ2) is 7.01. The summed E-state index contributed by atoms with van der Waals surface area (Å²) < 4.78 is 10.4. The smallest absolute Gasteiger partial charge is 0.257 e. The number of amides is 1. The average molecular weight is 249 g/mol. The number of nitrogen functional groups attached to an aromatic ring is 1. The van der Waals surface area contributed by atoms with Gasteiger partial charge < -0.3 is 20.5 Å². The molecule has 0 aliphatic heterocycles. The molecular formula is C12H15N3O3. The molecule has 1 rings (SSSR count). The van der Waals surface area contributed by atoms with Gasteiger partial charge in [-0.3, -0.25) is 4.79 Å². The SMILES string of the molecule is COc1ccc(N)cc1OCC(=O)NCCC#N. The Morgan fingerprint density at radius 1 is 1.50 bits per heavy atom. The standard InChI is InChI=1S/C12H15N3O3/c1-17-10-4-3-9(14)7-11(10)18-8-12(16)15-6-2-5-13/h3-4,7H,2,6,8,14H2,1H3,(H,15,16). The Labute approximate surface area is 105 Å². The molecule has 0 spiro atoms. The number of ether oxygens (including phenoxy) is 2.